The van der Waals surface area contributed by atoms with Crippen molar-refractivity contribution in [2.24, 2.45) is 11.7 Å². The van der Waals surface area contributed by atoms with Crippen molar-refractivity contribution in [1.82, 2.24) is 10.2 Å². The van der Waals surface area contributed by atoms with Gasteiger partial charge >= 0.3 is 0 Å². The summed E-state index contributed by atoms with van der Waals surface area (Å²) in [6.45, 7) is 6.47. The third-order valence-electron chi connectivity index (χ3n) is 5.80. The van der Waals surface area contributed by atoms with Gasteiger partial charge in [-0.2, -0.15) is 0 Å². The lowest BCUT2D eigenvalue weighted by atomic mass is 9.88. The number of carbonyl (C=O) groups is 3. The average Bonchev–Trinajstić information content (AvgIpc) is 2.96. The number of hydrogen-bond acceptors (Lipinski definition) is 4. The van der Waals surface area contributed by atoms with Gasteiger partial charge in [0, 0.05) is 18.7 Å². The SMILES string of the molecule is CC(C)C(C)(CN)NC(=O)c1ccc2c(c1)C(=O)N(CCc1ccccc1)C2=O.Cl. The van der Waals surface area contributed by atoms with Gasteiger partial charge in [0.2, 0.25) is 0 Å². The number of nitrogens with one attached hydrogen (secondary N) is 1. The number of rotatable bonds is 7. The smallest absolute Gasteiger partial charge is 0.261 e. The molecule has 1 heterocycles. The van der Waals surface area contributed by atoms with E-state index >= 15 is 0 Å². The number of benzene rings is 2. The molecule has 0 saturated carbocycles. The monoisotopic (exact) mass is 429 g/mol. The molecule has 1 unspecified atom stereocenters. The zero-order valence-corrected chi connectivity index (χ0v) is 18.3. The van der Waals surface area contributed by atoms with Crippen molar-refractivity contribution in [3.8, 4) is 0 Å². The molecule has 2 aromatic carbocycles. The van der Waals surface area contributed by atoms with Gasteiger partial charge in [0.15, 0.2) is 0 Å². The van der Waals surface area contributed by atoms with Gasteiger partial charge in [-0.15, -0.1) is 12.4 Å². The van der Waals surface area contributed by atoms with Crippen molar-refractivity contribution in [3.63, 3.8) is 0 Å². The fraction of sp³-hybridized carbons (Fsp3) is 0.348. The molecule has 2 aromatic rings. The largest absolute Gasteiger partial charge is 0.345 e. The minimum Gasteiger partial charge on any atom is -0.345 e. The van der Waals surface area contributed by atoms with E-state index in [4.69, 9.17) is 5.73 Å². The van der Waals surface area contributed by atoms with Gasteiger partial charge in [0.1, 0.15) is 0 Å². The molecule has 0 fully saturated rings. The first-order valence-corrected chi connectivity index (χ1v) is 9.83. The van der Waals surface area contributed by atoms with Crippen LogP contribution in [0, 0.1) is 5.92 Å². The minimum atomic E-state index is -0.558. The number of imide groups is 1. The van der Waals surface area contributed by atoms with Gasteiger partial charge in [-0.3, -0.25) is 19.3 Å². The molecule has 3 N–H and O–H groups in total. The lowest BCUT2D eigenvalue weighted by Gasteiger charge is -2.33. The number of carbonyl (C=O) groups excluding carboxylic acids is 3. The number of hydrogen-bond donors (Lipinski definition) is 2. The Kier molecular flexibility index (Phi) is 7.39. The Balaban J connectivity index is 0.00000320. The Hall–Kier alpha value is -2.70. The zero-order chi connectivity index (χ0) is 21.2. The van der Waals surface area contributed by atoms with E-state index in [0.29, 0.717) is 30.6 Å². The lowest BCUT2D eigenvalue weighted by molar-refractivity contribution is 0.0656. The van der Waals surface area contributed by atoms with Crippen LogP contribution in [0.2, 0.25) is 0 Å². The summed E-state index contributed by atoms with van der Waals surface area (Å²) in [5.74, 6) is -0.845. The molecule has 1 aliphatic rings. The zero-order valence-electron chi connectivity index (χ0n) is 17.5. The van der Waals surface area contributed by atoms with E-state index in [2.05, 4.69) is 5.32 Å². The van der Waals surface area contributed by atoms with Crippen molar-refractivity contribution < 1.29 is 14.4 Å². The third kappa shape index (κ3) is 4.55. The standard InChI is InChI=1S/C23H27N3O3.ClH/c1-15(2)23(3,14-24)25-20(27)17-9-10-18-19(13-17)22(29)26(21(18)28)12-11-16-7-5-4-6-8-16;/h4-10,13,15H,11-12,14,24H2,1-3H3,(H,25,27);1H. The first-order chi connectivity index (χ1) is 13.8. The first-order valence-electron chi connectivity index (χ1n) is 9.83. The number of amides is 3. The lowest BCUT2D eigenvalue weighted by Crippen LogP contribution is -2.55. The molecule has 0 spiro atoms. The molecule has 0 bridgehead atoms. The van der Waals surface area contributed by atoms with E-state index in [1.54, 1.807) is 12.1 Å². The Morgan fingerprint density at radius 3 is 2.30 bits per heavy atom. The maximum Gasteiger partial charge on any atom is 0.261 e. The summed E-state index contributed by atoms with van der Waals surface area (Å²) in [5, 5.41) is 2.96. The van der Waals surface area contributed by atoms with Crippen molar-refractivity contribution in [3.05, 3.63) is 70.8 Å². The topological polar surface area (TPSA) is 92.5 Å². The van der Waals surface area contributed by atoms with E-state index in [9.17, 15) is 14.4 Å². The van der Waals surface area contributed by atoms with Crippen LogP contribution < -0.4 is 11.1 Å². The van der Waals surface area contributed by atoms with Crippen molar-refractivity contribution in [2.45, 2.75) is 32.7 Å². The Bertz CT molecular complexity index is 946. The average molecular weight is 430 g/mol. The number of nitrogens with zero attached hydrogens (tertiary/aromatic N) is 1. The van der Waals surface area contributed by atoms with Crippen molar-refractivity contribution >= 4 is 30.1 Å². The first kappa shape index (κ1) is 23.6. The van der Waals surface area contributed by atoms with Crippen LogP contribution in [-0.4, -0.2) is 41.2 Å². The minimum absolute atomic E-state index is 0. The molecule has 0 aliphatic carbocycles. The van der Waals surface area contributed by atoms with Crippen LogP contribution in [0.5, 0.6) is 0 Å². The normalized spacial score (nSPS) is 14.9. The van der Waals surface area contributed by atoms with Crippen molar-refractivity contribution in [1.29, 1.82) is 0 Å². The summed E-state index contributed by atoms with van der Waals surface area (Å²) in [6, 6.07) is 14.3. The predicted molar refractivity (Wildman–Crippen MR) is 119 cm³/mol. The molecule has 160 valence electrons. The molecule has 1 aliphatic heterocycles. The van der Waals surface area contributed by atoms with E-state index in [0.717, 1.165) is 5.56 Å². The van der Waals surface area contributed by atoms with Crippen LogP contribution >= 0.6 is 12.4 Å². The highest BCUT2D eigenvalue weighted by atomic mass is 35.5. The molecule has 3 amide bonds. The van der Waals surface area contributed by atoms with Gasteiger partial charge in [0.05, 0.1) is 16.7 Å². The molecule has 30 heavy (non-hydrogen) atoms. The molecule has 7 heteroatoms. The fourth-order valence-corrected chi connectivity index (χ4v) is 3.28. The number of fused-ring (bicyclic) bond motifs is 1. The van der Waals surface area contributed by atoms with Crippen LogP contribution in [0.3, 0.4) is 0 Å². The fourth-order valence-electron chi connectivity index (χ4n) is 3.28. The van der Waals surface area contributed by atoms with Gasteiger partial charge in [0.25, 0.3) is 17.7 Å². The van der Waals surface area contributed by atoms with Crippen molar-refractivity contribution in [2.75, 3.05) is 13.1 Å². The van der Waals surface area contributed by atoms with Gasteiger partial charge in [-0.05, 0) is 43.0 Å². The molecule has 0 radical (unpaired) electrons. The molecule has 3 rings (SSSR count). The highest BCUT2D eigenvalue weighted by Gasteiger charge is 2.36. The summed E-state index contributed by atoms with van der Waals surface area (Å²) in [7, 11) is 0. The summed E-state index contributed by atoms with van der Waals surface area (Å²) in [4.78, 5) is 39.4. The molecular weight excluding hydrogens is 402 g/mol. The molecule has 0 saturated heterocycles. The second-order valence-corrected chi connectivity index (χ2v) is 7.99. The van der Waals surface area contributed by atoms with Gasteiger partial charge in [-0.1, -0.05) is 44.2 Å². The van der Waals surface area contributed by atoms with Gasteiger partial charge in [-0.25, -0.2) is 0 Å². The summed E-state index contributed by atoms with van der Waals surface area (Å²) < 4.78 is 0. The summed E-state index contributed by atoms with van der Waals surface area (Å²) in [6.07, 6.45) is 0.586. The Morgan fingerprint density at radius 2 is 1.70 bits per heavy atom. The summed E-state index contributed by atoms with van der Waals surface area (Å²) >= 11 is 0. The van der Waals surface area contributed by atoms with E-state index in [1.807, 2.05) is 51.1 Å². The Morgan fingerprint density at radius 1 is 1.07 bits per heavy atom. The highest BCUT2D eigenvalue weighted by molar-refractivity contribution is 6.22. The van der Waals surface area contributed by atoms with Crippen LogP contribution in [0.1, 0.15) is 57.4 Å². The van der Waals surface area contributed by atoms with E-state index in [-0.39, 0.29) is 41.6 Å². The second kappa shape index (κ2) is 9.41. The number of nitrogens with two attached hydrogens (primary N) is 1. The van der Waals surface area contributed by atoms with Crippen LogP contribution in [0.25, 0.3) is 0 Å². The number of halogens is 1. The maximum atomic E-state index is 12.8. The molecular formula is C23H28ClN3O3. The summed E-state index contributed by atoms with van der Waals surface area (Å²) in [5.41, 5.74) is 7.29. The van der Waals surface area contributed by atoms with E-state index < -0.39 is 5.54 Å². The van der Waals surface area contributed by atoms with Crippen LogP contribution in [-0.2, 0) is 6.42 Å². The highest BCUT2D eigenvalue weighted by Crippen LogP contribution is 2.25. The quantitative estimate of drug-likeness (QED) is 0.661. The maximum absolute atomic E-state index is 12.8. The Labute approximate surface area is 183 Å². The van der Waals surface area contributed by atoms with Crippen LogP contribution in [0.4, 0.5) is 0 Å². The van der Waals surface area contributed by atoms with E-state index in [1.165, 1.54) is 11.0 Å². The molecule has 6 nitrogen and oxygen atoms in total. The van der Waals surface area contributed by atoms with Crippen LogP contribution in [0.15, 0.2) is 48.5 Å². The second-order valence-electron chi connectivity index (χ2n) is 7.99. The third-order valence-corrected chi connectivity index (χ3v) is 5.80. The molecule has 1 atom stereocenters. The predicted octanol–water partition coefficient (Wildman–Crippen LogP) is 3.05. The molecule has 0 aromatic heterocycles. The van der Waals surface area contributed by atoms with Gasteiger partial charge < -0.3 is 11.1 Å².